The van der Waals surface area contributed by atoms with Crippen LogP contribution < -0.4 is 5.32 Å². The quantitative estimate of drug-likeness (QED) is 0.807. The van der Waals surface area contributed by atoms with E-state index in [1.807, 2.05) is 29.8 Å². The number of benzene rings is 1. The third-order valence-corrected chi connectivity index (χ3v) is 3.09. The van der Waals surface area contributed by atoms with Crippen LogP contribution in [-0.2, 0) is 7.05 Å². The SMILES string of the molecule is C=CCCC(C)Nc1ccccc1-c1nncn1C. The smallest absolute Gasteiger partial charge is 0.165 e. The monoisotopic (exact) mass is 256 g/mol. The summed E-state index contributed by atoms with van der Waals surface area (Å²) in [5.74, 6) is 0.874. The van der Waals surface area contributed by atoms with Crippen LogP contribution in [0.15, 0.2) is 43.2 Å². The van der Waals surface area contributed by atoms with Crippen molar-refractivity contribution in [2.24, 2.45) is 7.05 Å². The summed E-state index contributed by atoms with van der Waals surface area (Å²) in [6.07, 6.45) is 5.75. The first-order valence-electron chi connectivity index (χ1n) is 6.53. The van der Waals surface area contributed by atoms with Gasteiger partial charge < -0.3 is 9.88 Å². The number of aromatic nitrogens is 3. The molecule has 1 aromatic heterocycles. The Bertz CT molecular complexity index is 545. The van der Waals surface area contributed by atoms with Gasteiger partial charge in [0.05, 0.1) is 0 Å². The normalized spacial score (nSPS) is 12.1. The lowest BCUT2D eigenvalue weighted by Crippen LogP contribution is -2.15. The van der Waals surface area contributed by atoms with Crippen molar-refractivity contribution in [3.63, 3.8) is 0 Å². The summed E-state index contributed by atoms with van der Waals surface area (Å²) < 4.78 is 1.93. The first-order chi connectivity index (χ1) is 9.22. The average molecular weight is 256 g/mol. The number of aryl methyl sites for hydroxylation is 1. The number of allylic oxidation sites excluding steroid dienone is 1. The van der Waals surface area contributed by atoms with Crippen molar-refractivity contribution in [3.05, 3.63) is 43.2 Å². The zero-order valence-electron chi connectivity index (χ0n) is 11.5. The van der Waals surface area contributed by atoms with Crippen molar-refractivity contribution in [2.75, 3.05) is 5.32 Å². The van der Waals surface area contributed by atoms with Crippen molar-refractivity contribution >= 4 is 5.69 Å². The summed E-state index contributed by atoms with van der Waals surface area (Å²) in [6, 6.07) is 8.58. The Balaban J connectivity index is 2.22. The summed E-state index contributed by atoms with van der Waals surface area (Å²) in [4.78, 5) is 0. The Morgan fingerprint density at radius 2 is 2.21 bits per heavy atom. The predicted octanol–water partition coefficient (Wildman–Crippen LogP) is 3.25. The number of nitrogens with one attached hydrogen (secondary N) is 1. The van der Waals surface area contributed by atoms with Gasteiger partial charge >= 0.3 is 0 Å². The standard InChI is InChI=1S/C15H20N4/c1-4-5-8-12(2)17-14-10-7-6-9-13(14)15-18-16-11-19(15)3/h4,6-7,9-12,17H,1,5,8H2,2-3H3. The van der Waals surface area contributed by atoms with Gasteiger partial charge in [-0.15, -0.1) is 16.8 Å². The van der Waals surface area contributed by atoms with Gasteiger partial charge in [0.25, 0.3) is 0 Å². The van der Waals surface area contributed by atoms with Gasteiger partial charge in [0.1, 0.15) is 6.33 Å². The maximum Gasteiger partial charge on any atom is 0.165 e. The number of hydrogen-bond acceptors (Lipinski definition) is 3. The van der Waals surface area contributed by atoms with Gasteiger partial charge in [-0.3, -0.25) is 0 Å². The Labute approximate surface area is 114 Å². The molecule has 100 valence electrons. The zero-order chi connectivity index (χ0) is 13.7. The molecule has 0 bridgehead atoms. The van der Waals surface area contributed by atoms with Crippen LogP contribution in [0.1, 0.15) is 19.8 Å². The Kier molecular flexibility index (Phi) is 4.34. The number of hydrogen-bond donors (Lipinski definition) is 1. The fraction of sp³-hybridized carbons (Fsp3) is 0.333. The minimum Gasteiger partial charge on any atom is -0.382 e. The highest BCUT2D eigenvalue weighted by atomic mass is 15.2. The summed E-state index contributed by atoms with van der Waals surface area (Å²) in [5.41, 5.74) is 2.17. The van der Waals surface area contributed by atoms with E-state index >= 15 is 0 Å². The summed E-state index contributed by atoms with van der Waals surface area (Å²) in [7, 11) is 1.95. The van der Waals surface area contributed by atoms with Gasteiger partial charge in [-0.25, -0.2) is 0 Å². The van der Waals surface area contributed by atoms with Crippen LogP contribution in [-0.4, -0.2) is 20.8 Å². The average Bonchev–Trinajstić information content (AvgIpc) is 2.83. The molecule has 0 spiro atoms. The summed E-state index contributed by atoms with van der Waals surface area (Å²) >= 11 is 0. The molecule has 0 amide bonds. The van der Waals surface area contributed by atoms with E-state index in [1.54, 1.807) is 6.33 Å². The van der Waals surface area contributed by atoms with Gasteiger partial charge in [0.15, 0.2) is 5.82 Å². The lowest BCUT2D eigenvalue weighted by molar-refractivity contribution is 0.719. The lowest BCUT2D eigenvalue weighted by Gasteiger charge is -2.17. The Hall–Kier alpha value is -2.10. The first-order valence-corrected chi connectivity index (χ1v) is 6.53. The van der Waals surface area contributed by atoms with Gasteiger partial charge in [-0.2, -0.15) is 0 Å². The van der Waals surface area contributed by atoms with E-state index in [1.165, 1.54) is 0 Å². The van der Waals surface area contributed by atoms with Crippen LogP contribution in [0.3, 0.4) is 0 Å². The molecule has 0 saturated heterocycles. The van der Waals surface area contributed by atoms with E-state index in [9.17, 15) is 0 Å². The van der Waals surface area contributed by atoms with E-state index in [2.05, 4.69) is 41.1 Å². The van der Waals surface area contributed by atoms with Crippen molar-refractivity contribution in [1.29, 1.82) is 0 Å². The van der Waals surface area contributed by atoms with Crippen LogP contribution >= 0.6 is 0 Å². The van der Waals surface area contributed by atoms with Gasteiger partial charge in [-0.1, -0.05) is 18.2 Å². The van der Waals surface area contributed by atoms with E-state index in [4.69, 9.17) is 0 Å². The minimum absolute atomic E-state index is 0.396. The molecule has 2 rings (SSSR count). The van der Waals surface area contributed by atoms with E-state index in [-0.39, 0.29) is 0 Å². The van der Waals surface area contributed by atoms with E-state index < -0.39 is 0 Å². The molecule has 1 unspecified atom stereocenters. The fourth-order valence-corrected chi connectivity index (χ4v) is 2.04. The second kappa shape index (κ2) is 6.18. The zero-order valence-corrected chi connectivity index (χ0v) is 11.5. The maximum atomic E-state index is 4.17. The van der Waals surface area contributed by atoms with Crippen LogP contribution in [0.4, 0.5) is 5.69 Å². The summed E-state index contributed by atoms with van der Waals surface area (Å²) in [6.45, 7) is 5.94. The van der Waals surface area contributed by atoms with Gasteiger partial charge in [-0.05, 0) is 31.9 Å². The highest BCUT2D eigenvalue weighted by molar-refractivity contribution is 5.73. The highest BCUT2D eigenvalue weighted by Crippen LogP contribution is 2.26. The fourth-order valence-electron chi connectivity index (χ4n) is 2.04. The second-order valence-corrected chi connectivity index (χ2v) is 4.72. The largest absolute Gasteiger partial charge is 0.382 e. The van der Waals surface area contributed by atoms with E-state index in [0.717, 1.165) is 29.9 Å². The third-order valence-electron chi connectivity index (χ3n) is 3.09. The molecular weight excluding hydrogens is 236 g/mol. The van der Waals surface area contributed by atoms with Crippen molar-refractivity contribution in [2.45, 2.75) is 25.8 Å². The van der Waals surface area contributed by atoms with Crippen molar-refractivity contribution in [3.8, 4) is 11.4 Å². The predicted molar refractivity (Wildman–Crippen MR) is 79.0 cm³/mol. The maximum absolute atomic E-state index is 4.17. The van der Waals surface area contributed by atoms with Crippen molar-refractivity contribution < 1.29 is 0 Å². The molecule has 0 fully saturated rings. The number of anilines is 1. The van der Waals surface area contributed by atoms with Gasteiger partial charge in [0, 0.05) is 24.3 Å². The lowest BCUT2D eigenvalue weighted by atomic mass is 10.1. The molecule has 0 saturated carbocycles. The number of rotatable bonds is 6. The Morgan fingerprint density at radius 3 is 2.89 bits per heavy atom. The van der Waals surface area contributed by atoms with E-state index in [0.29, 0.717) is 6.04 Å². The molecule has 2 aromatic rings. The van der Waals surface area contributed by atoms with Crippen LogP contribution in [0.5, 0.6) is 0 Å². The first kappa shape index (κ1) is 13.3. The molecular formula is C15H20N4. The molecule has 19 heavy (non-hydrogen) atoms. The van der Waals surface area contributed by atoms with Crippen LogP contribution in [0.2, 0.25) is 0 Å². The molecule has 0 aliphatic carbocycles. The topological polar surface area (TPSA) is 42.7 Å². The minimum atomic E-state index is 0.396. The molecule has 4 heteroatoms. The molecule has 0 aliphatic rings. The molecule has 1 atom stereocenters. The number of para-hydroxylation sites is 1. The molecule has 1 N–H and O–H groups in total. The van der Waals surface area contributed by atoms with Gasteiger partial charge in [0.2, 0.25) is 0 Å². The number of nitrogens with zero attached hydrogens (tertiary/aromatic N) is 3. The second-order valence-electron chi connectivity index (χ2n) is 4.72. The van der Waals surface area contributed by atoms with Crippen molar-refractivity contribution in [1.82, 2.24) is 14.8 Å². The summed E-state index contributed by atoms with van der Waals surface area (Å²) in [5, 5.41) is 11.6. The molecule has 1 heterocycles. The van der Waals surface area contributed by atoms with Crippen LogP contribution in [0, 0.1) is 0 Å². The molecule has 0 aliphatic heterocycles. The molecule has 0 radical (unpaired) electrons. The molecule has 1 aromatic carbocycles. The highest BCUT2D eigenvalue weighted by Gasteiger charge is 2.11. The Morgan fingerprint density at radius 1 is 1.42 bits per heavy atom. The third kappa shape index (κ3) is 3.22. The molecule has 4 nitrogen and oxygen atoms in total. The van der Waals surface area contributed by atoms with Crippen LogP contribution in [0.25, 0.3) is 11.4 Å².